The summed E-state index contributed by atoms with van der Waals surface area (Å²) in [6, 6.07) is 5.26. The zero-order valence-corrected chi connectivity index (χ0v) is 13.9. The average molecular weight is 365 g/mol. The zero-order valence-electron chi connectivity index (χ0n) is 12.3. The summed E-state index contributed by atoms with van der Waals surface area (Å²) in [6.07, 6.45) is 5.94. The molecule has 0 aliphatic carbocycles. The quantitative estimate of drug-likeness (QED) is 0.617. The lowest BCUT2D eigenvalue weighted by Crippen LogP contribution is -2.21. The van der Waals surface area contributed by atoms with Crippen molar-refractivity contribution in [1.29, 1.82) is 0 Å². The maximum atomic E-state index is 11.3. The minimum Gasteiger partial charge on any atom is -0.366 e. The van der Waals surface area contributed by atoms with Crippen LogP contribution in [-0.2, 0) is 13.5 Å². The lowest BCUT2D eigenvalue weighted by atomic mass is 10.0. The first kappa shape index (κ1) is 15.0. The molecule has 116 valence electrons. The topological polar surface area (TPSA) is 64.2 Å². The van der Waals surface area contributed by atoms with Crippen LogP contribution >= 0.6 is 15.9 Å². The summed E-state index contributed by atoms with van der Waals surface area (Å²) in [5, 5.41) is 15.4. The van der Waals surface area contributed by atoms with E-state index in [9.17, 15) is 10.1 Å². The first-order valence-electron chi connectivity index (χ1n) is 7.19. The summed E-state index contributed by atoms with van der Waals surface area (Å²) in [4.78, 5) is 13.1. The molecule has 0 amide bonds. The molecule has 1 fully saturated rings. The molecule has 2 heterocycles. The Labute approximate surface area is 137 Å². The summed E-state index contributed by atoms with van der Waals surface area (Å²) >= 11 is 3.30. The van der Waals surface area contributed by atoms with E-state index in [0.29, 0.717) is 11.6 Å². The third-order valence-electron chi connectivity index (χ3n) is 4.04. The molecule has 7 heteroatoms. The Morgan fingerprint density at radius 3 is 3.00 bits per heavy atom. The normalized spacial score (nSPS) is 17.9. The van der Waals surface area contributed by atoms with E-state index < -0.39 is 0 Å². The Bertz CT molecular complexity index is 701. The predicted molar refractivity (Wildman–Crippen MR) is 88.0 cm³/mol. The molecule has 3 rings (SSSR count). The van der Waals surface area contributed by atoms with Crippen molar-refractivity contribution < 1.29 is 4.92 Å². The molecule has 1 aliphatic rings. The fourth-order valence-electron chi connectivity index (χ4n) is 3.04. The van der Waals surface area contributed by atoms with E-state index in [4.69, 9.17) is 0 Å². The average Bonchev–Trinajstić information content (AvgIpc) is 3.08. The van der Waals surface area contributed by atoms with Crippen molar-refractivity contribution in [2.75, 3.05) is 18.0 Å². The number of benzene rings is 1. The van der Waals surface area contributed by atoms with Gasteiger partial charge < -0.3 is 4.90 Å². The minimum atomic E-state index is -0.311. The molecule has 0 N–H and O–H groups in total. The summed E-state index contributed by atoms with van der Waals surface area (Å²) in [6.45, 7) is 1.70. The van der Waals surface area contributed by atoms with Crippen molar-refractivity contribution in [3.63, 3.8) is 0 Å². The minimum absolute atomic E-state index is 0.163. The third-order valence-corrected chi connectivity index (χ3v) is 4.54. The number of nitrogens with zero attached hydrogens (tertiary/aromatic N) is 4. The van der Waals surface area contributed by atoms with Crippen LogP contribution in [0.1, 0.15) is 12.0 Å². The highest BCUT2D eigenvalue weighted by molar-refractivity contribution is 9.10. The van der Waals surface area contributed by atoms with Crippen LogP contribution in [0, 0.1) is 16.0 Å². The highest BCUT2D eigenvalue weighted by Crippen LogP contribution is 2.34. The molecule has 1 aromatic carbocycles. The van der Waals surface area contributed by atoms with E-state index in [1.165, 1.54) is 5.56 Å². The van der Waals surface area contributed by atoms with Gasteiger partial charge in [-0.3, -0.25) is 14.8 Å². The van der Waals surface area contributed by atoms with Crippen LogP contribution in [-0.4, -0.2) is 27.8 Å². The Hall–Kier alpha value is -1.89. The van der Waals surface area contributed by atoms with Gasteiger partial charge in [0.15, 0.2) is 0 Å². The molecule has 1 saturated heterocycles. The summed E-state index contributed by atoms with van der Waals surface area (Å²) in [5.41, 5.74) is 2.10. The number of halogens is 1. The summed E-state index contributed by atoms with van der Waals surface area (Å²) in [7, 11) is 1.91. The number of hydrogen-bond donors (Lipinski definition) is 0. The Morgan fingerprint density at radius 1 is 1.50 bits per heavy atom. The van der Waals surface area contributed by atoms with Gasteiger partial charge in [-0.1, -0.05) is 15.9 Å². The van der Waals surface area contributed by atoms with Gasteiger partial charge in [-0.15, -0.1) is 0 Å². The molecule has 0 bridgehead atoms. The van der Waals surface area contributed by atoms with Crippen LogP contribution in [0.3, 0.4) is 0 Å². The molecule has 22 heavy (non-hydrogen) atoms. The van der Waals surface area contributed by atoms with Crippen LogP contribution in [0.4, 0.5) is 11.4 Å². The van der Waals surface area contributed by atoms with Crippen molar-refractivity contribution in [3.05, 3.63) is 50.7 Å². The van der Waals surface area contributed by atoms with Crippen molar-refractivity contribution in [2.24, 2.45) is 13.0 Å². The van der Waals surface area contributed by atoms with E-state index in [1.54, 1.807) is 6.07 Å². The van der Waals surface area contributed by atoms with Crippen LogP contribution in [0.25, 0.3) is 0 Å². The van der Waals surface area contributed by atoms with Crippen LogP contribution in [0.15, 0.2) is 35.1 Å². The Morgan fingerprint density at radius 2 is 2.32 bits per heavy atom. The summed E-state index contributed by atoms with van der Waals surface area (Å²) < 4.78 is 2.54. The Balaban J connectivity index is 1.74. The second-order valence-corrected chi connectivity index (χ2v) is 6.63. The standard InChI is InChI=1S/C15H17BrN4O2/c1-18-9-12(8-17-18)6-11-4-5-19(10-11)14-3-2-13(16)7-15(14)20(21)22/h2-3,7-9,11H,4-6,10H2,1H3. The number of hydrogen-bond acceptors (Lipinski definition) is 4. The molecule has 1 unspecified atom stereocenters. The number of aryl methyl sites for hydroxylation is 1. The third kappa shape index (κ3) is 3.14. The van der Waals surface area contributed by atoms with Crippen molar-refractivity contribution in [3.8, 4) is 0 Å². The number of aromatic nitrogens is 2. The molecule has 1 atom stereocenters. The molecule has 1 aromatic heterocycles. The van der Waals surface area contributed by atoms with Gasteiger partial charge in [0.1, 0.15) is 5.69 Å². The molecule has 0 radical (unpaired) electrons. The fourth-order valence-corrected chi connectivity index (χ4v) is 3.39. The van der Waals surface area contributed by atoms with Crippen LogP contribution < -0.4 is 4.90 Å². The fraction of sp³-hybridized carbons (Fsp3) is 0.400. The molecule has 0 spiro atoms. The lowest BCUT2D eigenvalue weighted by Gasteiger charge is -2.18. The maximum absolute atomic E-state index is 11.3. The maximum Gasteiger partial charge on any atom is 0.293 e. The number of rotatable bonds is 4. The molecule has 6 nitrogen and oxygen atoms in total. The van der Waals surface area contributed by atoms with Gasteiger partial charge in [0.25, 0.3) is 5.69 Å². The zero-order chi connectivity index (χ0) is 15.7. The molecule has 0 saturated carbocycles. The predicted octanol–water partition coefficient (Wildman–Crippen LogP) is 3.16. The highest BCUT2D eigenvalue weighted by atomic mass is 79.9. The first-order chi connectivity index (χ1) is 10.5. The van der Waals surface area contributed by atoms with Gasteiger partial charge in [-0.2, -0.15) is 5.10 Å². The van der Waals surface area contributed by atoms with Gasteiger partial charge in [-0.05, 0) is 36.5 Å². The van der Waals surface area contributed by atoms with Gasteiger partial charge in [-0.25, -0.2) is 0 Å². The van der Waals surface area contributed by atoms with Crippen molar-refractivity contribution in [1.82, 2.24) is 9.78 Å². The van der Waals surface area contributed by atoms with Gasteiger partial charge >= 0.3 is 0 Å². The molecular weight excluding hydrogens is 348 g/mol. The Kier molecular flexibility index (Phi) is 4.15. The smallest absolute Gasteiger partial charge is 0.293 e. The van der Waals surface area contributed by atoms with E-state index in [0.717, 1.165) is 30.4 Å². The van der Waals surface area contributed by atoms with Gasteiger partial charge in [0.2, 0.25) is 0 Å². The SMILES string of the molecule is Cn1cc(CC2CCN(c3ccc(Br)cc3[N+](=O)[O-])C2)cn1. The van der Waals surface area contributed by atoms with E-state index in [2.05, 4.69) is 25.9 Å². The van der Waals surface area contributed by atoms with E-state index >= 15 is 0 Å². The van der Waals surface area contributed by atoms with Crippen molar-refractivity contribution >= 4 is 27.3 Å². The molecular formula is C15H17BrN4O2. The lowest BCUT2D eigenvalue weighted by molar-refractivity contribution is -0.384. The highest BCUT2D eigenvalue weighted by Gasteiger charge is 2.28. The second-order valence-electron chi connectivity index (χ2n) is 5.72. The largest absolute Gasteiger partial charge is 0.366 e. The van der Waals surface area contributed by atoms with Gasteiger partial charge in [0.05, 0.1) is 11.1 Å². The van der Waals surface area contributed by atoms with Crippen molar-refractivity contribution in [2.45, 2.75) is 12.8 Å². The van der Waals surface area contributed by atoms with Gasteiger partial charge in [0, 0.05) is 36.9 Å². The molecule has 2 aromatic rings. The van der Waals surface area contributed by atoms with Crippen LogP contribution in [0.5, 0.6) is 0 Å². The number of nitro groups is 1. The number of nitro benzene ring substituents is 1. The first-order valence-corrected chi connectivity index (χ1v) is 7.98. The van der Waals surface area contributed by atoms with E-state index in [-0.39, 0.29) is 10.6 Å². The monoisotopic (exact) mass is 364 g/mol. The second kappa shape index (κ2) is 6.08. The van der Waals surface area contributed by atoms with E-state index in [1.807, 2.05) is 36.3 Å². The number of anilines is 1. The molecule has 1 aliphatic heterocycles. The van der Waals surface area contributed by atoms with Crippen LogP contribution in [0.2, 0.25) is 0 Å². The summed E-state index contributed by atoms with van der Waals surface area (Å²) in [5.74, 6) is 0.507.